The van der Waals surface area contributed by atoms with Crippen LogP contribution < -0.4 is 4.90 Å². The first-order chi connectivity index (χ1) is 13.0. The Labute approximate surface area is 170 Å². The van der Waals surface area contributed by atoms with Crippen LogP contribution in [0.1, 0.15) is 57.4 Å². The second-order valence-corrected chi connectivity index (χ2v) is 9.02. The Morgan fingerprint density at radius 3 is 2.44 bits per heavy atom. The van der Waals surface area contributed by atoms with Crippen LogP contribution >= 0.6 is 22.9 Å². The molecule has 1 aromatic carbocycles. The third-order valence-corrected chi connectivity index (χ3v) is 6.77. The standard InChI is InChI=1S/C22H26ClN3S/c1-14(2)15-9-11-16(12-10-15)18-13-27-21-19(18)20(24-22(23)25-21)26(3)17-7-5-4-6-8-17/h9-14,17H,4-8H2,1-3H3. The first kappa shape index (κ1) is 18.7. The average molecular weight is 400 g/mol. The number of rotatable bonds is 4. The highest BCUT2D eigenvalue weighted by molar-refractivity contribution is 7.17. The van der Waals surface area contributed by atoms with Crippen molar-refractivity contribution >= 4 is 39.0 Å². The van der Waals surface area contributed by atoms with Gasteiger partial charge in [0.1, 0.15) is 10.6 Å². The highest BCUT2D eigenvalue weighted by atomic mass is 35.5. The number of hydrogen-bond acceptors (Lipinski definition) is 4. The van der Waals surface area contributed by atoms with Crippen LogP contribution in [-0.4, -0.2) is 23.1 Å². The molecule has 0 amide bonds. The fourth-order valence-electron chi connectivity index (χ4n) is 4.05. The zero-order chi connectivity index (χ0) is 19.0. The van der Waals surface area contributed by atoms with Gasteiger partial charge in [0.2, 0.25) is 5.28 Å². The molecule has 2 heterocycles. The lowest BCUT2D eigenvalue weighted by Gasteiger charge is -2.32. The molecule has 0 aliphatic heterocycles. The van der Waals surface area contributed by atoms with Gasteiger partial charge in [-0.3, -0.25) is 0 Å². The van der Waals surface area contributed by atoms with Gasteiger partial charge < -0.3 is 4.90 Å². The number of nitrogens with zero attached hydrogens (tertiary/aromatic N) is 3. The van der Waals surface area contributed by atoms with Crippen molar-refractivity contribution in [3.05, 3.63) is 40.5 Å². The van der Waals surface area contributed by atoms with Gasteiger partial charge in [-0.1, -0.05) is 57.4 Å². The van der Waals surface area contributed by atoms with Gasteiger partial charge in [0.05, 0.1) is 5.39 Å². The molecule has 4 rings (SSSR count). The predicted molar refractivity (Wildman–Crippen MR) is 117 cm³/mol. The maximum absolute atomic E-state index is 6.28. The summed E-state index contributed by atoms with van der Waals surface area (Å²) in [6.07, 6.45) is 6.38. The van der Waals surface area contributed by atoms with Gasteiger partial charge in [0, 0.05) is 24.0 Å². The smallest absolute Gasteiger partial charge is 0.225 e. The van der Waals surface area contributed by atoms with E-state index >= 15 is 0 Å². The van der Waals surface area contributed by atoms with Crippen LogP contribution in [0.2, 0.25) is 5.28 Å². The van der Waals surface area contributed by atoms with Crippen molar-refractivity contribution in [1.29, 1.82) is 0 Å². The van der Waals surface area contributed by atoms with Crippen molar-refractivity contribution in [2.24, 2.45) is 0 Å². The Balaban J connectivity index is 1.80. The molecule has 0 radical (unpaired) electrons. The number of benzene rings is 1. The summed E-state index contributed by atoms with van der Waals surface area (Å²) in [4.78, 5) is 12.5. The third-order valence-electron chi connectivity index (χ3n) is 5.73. The average Bonchev–Trinajstić information content (AvgIpc) is 3.11. The summed E-state index contributed by atoms with van der Waals surface area (Å²) >= 11 is 7.92. The zero-order valence-electron chi connectivity index (χ0n) is 16.2. The predicted octanol–water partition coefficient (Wildman–Crippen LogP) is 6.90. The molecule has 0 unspecified atom stereocenters. The molecule has 1 saturated carbocycles. The van der Waals surface area contributed by atoms with E-state index in [-0.39, 0.29) is 0 Å². The molecule has 1 fully saturated rings. The molecule has 3 aromatic rings. The molecule has 1 aliphatic rings. The highest BCUT2D eigenvalue weighted by Gasteiger charge is 2.24. The molecule has 0 atom stereocenters. The second-order valence-electron chi connectivity index (χ2n) is 7.83. The largest absolute Gasteiger partial charge is 0.356 e. The van der Waals surface area contributed by atoms with E-state index in [1.165, 1.54) is 48.8 Å². The maximum atomic E-state index is 6.28. The molecular weight excluding hydrogens is 374 g/mol. The van der Waals surface area contributed by atoms with Crippen molar-refractivity contribution in [3.8, 4) is 11.1 Å². The lowest BCUT2D eigenvalue weighted by molar-refractivity contribution is 0.426. The molecule has 0 N–H and O–H groups in total. The fraction of sp³-hybridized carbons (Fsp3) is 0.455. The number of thiophene rings is 1. The van der Waals surface area contributed by atoms with Crippen molar-refractivity contribution in [3.63, 3.8) is 0 Å². The van der Waals surface area contributed by atoms with Gasteiger partial charge in [-0.05, 0) is 41.5 Å². The van der Waals surface area contributed by atoms with E-state index < -0.39 is 0 Å². The first-order valence-electron chi connectivity index (χ1n) is 9.82. The van der Waals surface area contributed by atoms with E-state index in [4.69, 9.17) is 11.6 Å². The Morgan fingerprint density at radius 2 is 1.78 bits per heavy atom. The number of anilines is 1. The molecule has 142 valence electrons. The minimum absolute atomic E-state index is 0.337. The fourth-order valence-corrected chi connectivity index (χ4v) is 5.21. The summed E-state index contributed by atoms with van der Waals surface area (Å²) in [7, 11) is 2.16. The zero-order valence-corrected chi connectivity index (χ0v) is 17.8. The molecular formula is C22H26ClN3S. The minimum Gasteiger partial charge on any atom is -0.356 e. The summed E-state index contributed by atoms with van der Waals surface area (Å²) in [6.45, 7) is 4.45. The van der Waals surface area contributed by atoms with Crippen LogP contribution in [0, 0.1) is 0 Å². The van der Waals surface area contributed by atoms with Gasteiger partial charge in [-0.2, -0.15) is 4.98 Å². The van der Waals surface area contributed by atoms with Crippen LogP contribution in [0.5, 0.6) is 0 Å². The van der Waals surface area contributed by atoms with E-state index in [9.17, 15) is 0 Å². The van der Waals surface area contributed by atoms with E-state index in [1.54, 1.807) is 11.3 Å². The number of halogens is 1. The molecule has 0 spiro atoms. The van der Waals surface area contributed by atoms with Gasteiger partial charge in [-0.25, -0.2) is 4.98 Å². The van der Waals surface area contributed by atoms with Gasteiger partial charge >= 0.3 is 0 Å². The lowest BCUT2D eigenvalue weighted by atomic mass is 9.94. The summed E-state index contributed by atoms with van der Waals surface area (Å²) in [6, 6.07) is 9.42. The maximum Gasteiger partial charge on any atom is 0.225 e. The normalized spacial score (nSPS) is 15.6. The lowest BCUT2D eigenvalue weighted by Crippen LogP contribution is -2.34. The van der Waals surface area contributed by atoms with E-state index in [1.807, 2.05) is 0 Å². The van der Waals surface area contributed by atoms with Crippen LogP contribution in [0.25, 0.3) is 21.3 Å². The summed E-state index contributed by atoms with van der Waals surface area (Å²) in [5.41, 5.74) is 3.78. The number of fused-ring (bicyclic) bond motifs is 1. The molecule has 1 aliphatic carbocycles. The second kappa shape index (κ2) is 7.76. The van der Waals surface area contributed by atoms with Gasteiger partial charge in [0.15, 0.2) is 0 Å². The summed E-state index contributed by atoms with van der Waals surface area (Å²) in [5.74, 6) is 1.51. The van der Waals surface area contributed by atoms with E-state index in [0.29, 0.717) is 17.2 Å². The Hall–Kier alpha value is -1.65. The van der Waals surface area contributed by atoms with Crippen LogP contribution in [0.4, 0.5) is 5.82 Å². The molecule has 2 aromatic heterocycles. The first-order valence-corrected chi connectivity index (χ1v) is 11.1. The van der Waals surface area contributed by atoms with Gasteiger partial charge in [0.25, 0.3) is 0 Å². The van der Waals surface area contributed by atoms with Crippen LogP contribution in [0.15, 0.2) is 29.6 Å². The van der Waals surface area contributed by atoms with Crippen molar-refractivity contribution in [1.82, 2.24) is 9.97 Å². The van der Waals surface area contributed by atoms with Crippen LogP contribution in [0.3, 0.4) is 0 Å². The van der Waals surface area contributed by atoms with Gasteiger partial charge in [-0.15, -0.1) is 11.3 Å². The van der Waals surface area contributed by atoms with Crippen LogP contribution in [-0.2, 0) is 0 Å². The highest BCUT2D eigenvalue weighted by Crippen LogP contribution is 2.40. The third kappa shape index (κ3) is 3.70. The summed E-state index contributed by atoms with van der Waals surface area (Å²) in [5, 5.41) is 3.66. The number of aromatic nitrogens is 2. The minimum atomic E-state index is 0.337. The van der Waals surface area contributed by atoms with Crippen molar-refractivity contribution in [2.75, 3.05) is 11.9 Å². The quantitative estimate of drug-likeness (QED) is 0.446. The molecule has 3 nitrogen and oxygen atoms in total. The van der Waals surface area contributed by atoms with E-state index in [2.05, 4.69) is 65.4 Å². The molecule has 27 heavy (non-hydrogen) atoms. The SMILES string of the molecule is CC(C)c1ccc(-c2csc3nc(Cl)nc(N(C)C4CCCCC4)c23)cc1. The molecule has 0 bridgehead atoms. The molecule has 0 saturated heterocycles. The number of hydrogen-bond donors (Lipinski definition) is 0. The Bertz CT molecular complexity index is 927. The Kier molecular flexibility index (Phi) is 5.38. The summed E-state index contributed by atoms with van der Waals surface area (Å²) < 4.78 is 0. The van der Waals surface area contributed by atoms with Crippen molar-refractivity contribution < 1.29 is 0 Å². The topological polar surface area (TPSA) is 29.0 Å². The monoisotopic (exact) mass is 399 g/mol. The Morgan fingerprint density at radius 1 is 1.07 bits per heavy atom. The van der Waals surface area contributed by atoms with Crippen molar-refractivity contribution in [2.45, 2.75) is 57.9 Å². The van der Waals surface area contributed by atoms with E-state index in [0.717, 1.165) is 16.0 Å². The molecule has 5 heteroatoms.